The molecule has 0 bridgehead atoms. The molecule has 2 saturated heterocycles. The van der Waals surface area contributed by atoms with Crippen LogP contribution in [-0.4, -0.2) is 63.8 Å². The van der Waals surface area contributed by atoms with Crippen molar-refractivity contribution in [1.29, 1.82) is 0 Å². The number of aliphatic hydroxyl groups is 1. The molecule has 2 fully saturated rings. The Kier molecular flexibility index (Phi) is 4.63. The molecule has 1 spiro atoms. The van der Waals surface area contributed by atoms with Crippen LogP contribution < -0.4 is 5.32 Å². The normalized spacial score (nSPS) is 24.4. The lowest BCUT2D eigenvalue weighted by Gasteiger charge is -2.46. The highest BCUT2D eigenvalue weighted by atomic mass is 16.5. The van der Waals surface area contributed by atoms with Gasteiger partial charge in [-0.25, -0.2) is 4.79 Å². The smallest absolute Gasteiger partial charge is 0.317 e. The zero-order valence-electron chi connectivity index (χ0n) is 12.8. The quantitative estimate of drug-likeness (QED) is 0.857. The second-order valence-corrected chi connectivity index (χ2v) is 6.06. The zero-order valence-corrected chi connectivity index (χ0v) is 12.8. The van der Waals surface area contributed by atoms with Gasteiger partial charge in [0.25, 0.3) is 0 Å². The summed E-state index contributed by atoms with van der Waals surface area (Å²) in [7, 11) is 0. The van der Waals surface area contributed by atoms with Crippen molar-refractivity contribution in [3.8, 4) is 0 Å². The van der Waals surface area contributed by atoms with Crippen LogP contribution in [0, 0.1) is 0 Å². The molecule has 7 heteroatoms. The maximum atomic E-state index is 12.2. The predicted molar refractivity (Wildman–Crippen MR) is 80.4 cm³/mol. The van der Waals surface area contributed by atoms with Crippen LogP contribution in [0.5, 0.6) is 0 Å². The second-order valence-electron chi connectivity index (χ2n) is 6.06. The van der Waals surface area contributed by atoms with Crippen LogP contribution in [0.3, 0.4) is 0 Å². The van der Waals surface area contributed by atoms with Gasteiger partial charge >= 0.3 is 6.03 Å². The molecule has 3 heterocycles. The van der Waals surface area contributed by atoms with Crippen LogP contribution in [-0.2, 0) is 11.3 Å². The van der Waals surface area contributed by atoms with Crippen LogP contribution in [0.25, 0.3) is 0 Å². The monoisotopic (exact) mass is 308 g/mol. The van der Waals surface area contributed by atoms with Gasteiger partial charge in [0.1, 0.15) is 0 Å². The third-order valence-electron chi connectivity index (χ3n) is 4.69. The number of ether oxygens (including phenoxy) is 1. The first-order valence-electron chi connectivity index (χ1n) is 8.02. The Morgan fingerprint density at radius 1 is 1.45 bits per heavy atom. The third kappa shape index (κ3) is 3.25. The minimum absolute atomic E-state index is 0.0488. The molecule has 2 aliphatic rings. The molecule has 7 nitrogen and oxygen atoms in total. The number of aromatic nitrogens is 2. The number of aliphatic hydroxyl groups excluding tert-OH is 1. The molecule has 2 aliphatic heterocycles. The number of carbonyl (C=O) groups is 1. The highest BCUT2D eigenvalue weighted by Gasteiger charge is 2.44. The van der Waals surface area contributed by atoms with Gasteiger partial charge in [-0.2, -0.15) is 5.10 Å². The molecule has 0 aromatic carbocycles. The van der Waals surface area contributed by atoms with Crippen LogP contribution in [0.4, 0.5) is 4.79 Å². The van der Waals surface area contributed by atoms with Gasteiger partial charge in [-0.1, -0.05) is 0 Å². The van der Waals surface area contributed by atoms with Gasteiger partial charge in [0.05, 0.1) is 18.2 Å². The molecule has 3 rings (SSSR count). The molecular weight excluding hydrogens is 284 g/mol. The molecule has 0 saturated carbocycles. The summed E-state index contributed by atoms with van der Waals surface area (Å²) in [6.07, 6.45) is 6.34. The van der Waals surface area contributed by atoms with Crippen molar-refractivity contribution < 1.29 is 14.6 Å². The van der Waals surface area contributed by atoms with E-state index in [1.807, 2.05) is 12.3 Å². The summed E-state index contributed by atoms with van der Waals surface area (Å²) in [6, 6.07) is 1.81. The summed E-state index contributed by atoms with van der Waals surface area (Å²) in [5, 5.41) is 17.2. The first kappa shape index (κ1) is 15.3. The zero-order chi connectivity index (χ0) is 15.4. The Morgan fingerprint density at radius 3 is 2.95 bits per heavy atom. The van der Waals surface area contributed by atoms with E-state index in [0.717, 1.165) is 12.8 Å². The number of amides is 2. The van der Waals surface area contributed by atoms with Crippen LogP contribution in [0.2, 0.25) is 0 Å². The van der Waals surface area contributed by atoms with Crippen LogP contribution in [0.15, 0.2) is 18.5 Å². The Bertz CT molecular complexity index is 483. The van der Waals surface area contributed by atoms with Crippen molar-refractivity contribution in [2.45, 2.75) is 43.9 Å². The second kappa shape index (κ2) is 6.66. The lowest BCUT2D eigenvalue weighted by atomic mass is 9.82. The fraction of sp³-hybridized carbons (Fsp3) is 0.733. The van der Waals surface area contributed by atoms with E-state index in [0.29, 0.717) is 45.6 Å². The Hall–Kier alpha value is -1.60. The molecule has 1 aromatic heterocycles. The number of hydrogen-bond acceptors (Lipinski definition) is 4. The minimum Gasteiger partial charge on any atom is -0.390 e. The summed E-state index contributed by atoms with van der Waals surface area (Å²) in [5.41, 5.74) is -0.426. The number of hydrogen-bond donors (Lipinski definition) is 2. The third-order valence-corrected chi connectivity index (χ3v) is 4.69. The molecular formula is C15H24N4O3. The van der Waals surface area contributed by atoms with Gasteiger partial charge in [0, 0.05) is 38.6 Å². The average molecular weight is 308 g/mol. The average Bonchev–Trinajstić information content (AvgIpc) is 3.04. The van der Waals surface area contributed by atoms with E-state index in [1.54, 1.807) is 15.8 Å². The minimum atomic E-state index is -0.426. The molecule has 0 radical (unpaired) electrons. The maximum absolute atomic E-state index is 12.2. The van der Waals surface area contributed by atoms with Gasteiger partial charge in [-0.3, -0.25) is 4.68 Å². The SMILES string of the molecule is O=C(NCCn1cccn1)N1CCC2(CC1)OCCC[C@@H]2O. The number of nitrogens with zero attached hydrogens (tertiary/aromatic N) is 3. The largest absolute Gasteiger partial charge is 0.390 e. The van der Waals surface area contributed by atoms with Crippen LogP contribution >= 0.6 is 0 Å². The van der Waals surface area contributed by atoms with Gasteiger partial charge in [-0.15, -0.1) is 0 Å². The number of likely N-dealkylation sites (tertiary alicyclic amines) is 1. The van der Waals surface area contributed by atoms with Crippen molar-refractivity contribution in [1.82, 2.24) is 20.0 Å². The summed E-state index contributed by atoms with van der Waals surface area (Å²) in [5.74, 6) is 0. The number of nitrogens with one attached hydrogen (secondary N) is 1. The summed E-state index contributed by atoms with van der Waals surface area (Å²) >= 11 is 0. The first-order chi connectivity index (χ1) is 10.7. The maximum Gasteiger partial charge on any atom is 0.317 e. The summed E-state index contributed by atoms with van der Waals surface area (Å²) < 4.78 is 7.65. The van der Waals surface area contributed by atoms with E-state index in [1.165, 1.54) is 0 Å². The standard InChI is InChI=1S/C15H24N4O3/c20-13-3-1-12-22-15(13)4-9-18(10-5-15)14(21)16-7-11-19-8-2-6-17-19/h2,6,8,13,20H,1,3-5,7,9-12H2,(H,16,21)/t13-/m0/s1. The Labute approximate surface area is 130 Å². The van der Waals surface area contributed by atoms with E-state index in [-0.39, 0.29) is 6.03 Å². The molecule has 1 atom stereocenters. The predicted octanol–water partition coefficient (Wildman–Crippen LogP) is 0.599. The van der Waals surface area contributed by atoms with Crippen LogP contribution in [0.1, 0.15) is 25.7 Å². The molecule has 2 amide bonds. The van der Waals surface area contributed by atoms with Crippen molar-refractivity contribution in [2.24, 2.45) is 0 Å². The first-order valence-corrected chi connectivity index (χ1v) is 8.02. The lowest BCUT2D eigenvalue weighted by Crippen LogP contribution is -2.57. The van der Waals surface area contributed by atoms with Gasteiger partial charge in [0.2, 0.25) is 0 Å². The lowest BCUT2D eigenvalue weighted by molar-refractivity contribution is -0.173. The molecule has 0 aliphatic carbocycles. The Balaban J connectivity index is 1.43. The molecule has 22 heavy (non-hydrogen) atoms. The fourth-order valence-corrected chi connectivity index (χ4v) is 3.30. The number of piperidine rings is 1. The van der Waals surface area contributed by atoms with E-state index in [9.17, 15) is 9.90 Å². The Morgan fingerprint density at radius 2 is 2.27 bits per heavy atom. The van der Waals surface area contributed by atoms with Gasteiger partial charge < -0.3 is 20.1 Å². The highest BCUT2D eigenvalue weighted by Crippen LogP contribution is 2.35. The molecule has 2 N–H and O–H groups in total. The van der Waals surface area contributed by atoms with Crippen molar-refractivity contribution in [3.05, 3.63) is 18.5 Å². The highest BCUT2D eigenvalue weighted by molar-refractivity contribution is 5.74. The molecule has 122 valence electrons. The summed E-state index contributed by atoms with van der Waals surface area (Å²) in [6.45, 7) is 3.20. The van der Waals surface area contributed by atoms with Crippen molar-refractivity contribution in [3.63, 3.8) is 0 Å². The fourth-order valence-electron chi connectivity index (χ4n) is 3.30. The van der Waals surface area contributed by atoms with Gasteiger partial charge in [-0.05, 0) is 31.7 Å². The van der Waals surface area contributed by atoms with E-state index < -0.39 is 11.7 Å². The summed E-state index contributed by atoms with van der Waals surface area (Å²) in [4.78, 5) is 14.0. The van der Waals surface area contributed by atoms with Crippen molar-refractivity contribution >= 4 is 6.03 Å². The number of rotatable bonds is 3. The van der Waals surface area contributed by atoms with Crippen molar-refractivity contribution in [2.75, 3.05) is 26.2 Å². The number of carbonyl (C=O) groups excluding carboxylic acids is 1. The van der Waals surface area contributed by atoms with E-state index in [4.69, 9.17) is 4.74 Å². The topological polar surface area (TPSA) is 79.6 Å². The number of urea groups is 1. The van der Waals surface area contributed by atoms with E-state index >= 15 is 0 Å². The van der Waals surface area contributed by atoms with Gasteiger partial charge in [0.15, 0.2) is 0 Å². The molecule has 0 unspecified atom stereocenters. The molecule has 1 aromatic rings. The van der Waals surface area contributed by atoms with E-state index in [2.05, 4.69) is 10.4 Å².